The zero-order valence-electron chi connectivity index (χ0n) is 23.6. The van der Waals surface area contributed by atoms with Crippen LogP contribution in [0.1, 0.15) is 57.8 Å². The number of carbonyl (C=O) groups is 5. The fraction of sp³-hybridized carbons (Fsp3) is 0.778. The second-order valence-electron chi connectivity index (χ2n) is 9.45. The normalized spacial score (nSPS) is 19.0. The summed E-state index contributed by atoms with van der Waals surface area (Å²) in [5.74, 6) is -4.16. The number of hydrogen-bond donors (Lipinski definition) is 4. The van der Waals surface area contributed by atoms with E-state index in [1.54, 1.807) is 6.29 Å². The monoisotopic (exact) mass is 586 g/mol. The summed E-state index contributed by atoms with van der Waals surface area (Å²) in [5, 5.41) is 17.2. The first-order valence-corrected chi connectivity index (χ1v) is 14.1. The Kier molecular flexibility index (Phi) is 20.9. The second kappa shape index (κ2) is 23.7. The van der Waals surface area contributed by atoms with Crippen LogP contribution in [-0.4, -0.2) is 113 Å². The van der Waals surface area contributed by atoms with Gasteiger partial charge in [-0.2, -0.15) is 0 Å². The maximum atomic E-state index is 12.8. The van der Waals surface area contributed by atoms with E-state index in [0.29, 0.717) is 26.0 Å². The molecule has 14 nitrogen and oxygen atoms in total. The van der Waals surface area contributed by atoms with Gasteiger partial charge in [0.1, 0.15) is 25.0 Å². The zero-order valence-corrected chi connectivity index (χ0v) is 23.6. The summed E-state index contributed by atoms with van der Waals surface area (Å²) in [5.41, 5.74) is 0. The molecule has 1 aliphatic rings. The van der Waals surface area contributed by atoms with Gasteiger partial charge in [0, 0.05) is 25.9 Å². The third kappa shape index (κ3) is 18.9. The highest BCUT2D eigenvalue weighted by atomic mass is 16.5. The van der Waals surface area contributed by atoms with Gasteiger partial charge in [-0.15, -0.1) is 0 Å². The third-order valence-corrected chi connectivity index (χ3v) is 6.14. The van der Waals surface area contributed by atoms with Gasteiger partial charge in [0.05, 0.1) is 45.6 Å². The minimum Gasteiger partial charge on any atom is -0.480 e. The molecule has 41 heavy (non-hydrogen) atoms. The molecule has 0 spiro atoms. The average molecular weight is 587 g/mol. The highest BCUT2D eigenvalue weighted by Gasteiger charge is 2.32. The molecule has 1 saturated heterocycles. The SMILES string of the molecule is O=[C]COCCOCCNC(=O)COCCOCCNC(=O)C1C[C@@H](C(=O)O)NC(=O)CCCCCCCCC1=O. The first-order valence-electron chi connectivity index (χ1n) is 14.1. The van der Waals surface area contributed by atoms with Gasteiger partial charge in [-0.3, -0.25) is 24.0 Å². The number of nitrogens with one attached hydrogen (secondary N) is 3. The van der Waals surface area contributed by atoms with Gasteiger partial charge in [0.2, 0.25) is 24.0 Å². The van der Waals surface area contributed by atoms with E-state index in [1.807, 2.05) is 0 Å². The minimum atomic E-state index is -1.34. The number of hydrogen-bond acceptors (Lipinski definition) is 10. The van der Waals surface area contributed by atoms with Crippen molar-refractivity contribution in [2.24, 2.45) is 5.92 Å². The standard InChI is InChI=1S/C27H44N3O11/c31-11-14-40-16-15-38-12-9-28-25(34)20-41-18-17-39-13-10-29-26(35)21-19-22(27(36)37)30-24(33)8-6-4-2-1-3-5-7-23(21)32/h21-22H,1-10,12-20H2,(H,28,34)(H,29,35)(H,30,33)(H,36,37)/t21?,22-/m0/s1. The maximum Gasteiger partial charge on any atom is 0.326 e. The van der Waals surface area contributed by atoms with Crippen LogP contribution in [0.5, 0.6) is 0 Å². The average Bonchev–Trinajstić information content (AvgIpc) is 2.94. The van der Waals surface area contributed by atoms with Crippen LogP contribution in [0.25, 0.3) is 0 Å². The molecule has 0 aliphatic carbocycles. The van der Waals surface area contributed by atoms with Gasteiger partial charge in [-0.25, -0.2) is 4.79 Å². The summed E-state index contributed by atoms with van der Waals surface area (Å²) in [6.07, 6.45) is 6.51. The topological polar surface area (TPSA) is 196 Å². The second-order valence-corrected chi connectivity index (χ2v) is 9.45. The summed E-state index contributed by atoms with van der Waals surface area (Å²) in [6, 6.07) is -1.34. The van der Waals surface area contributed by atoms with E-state index in [-0.39, 0.29) is 83.7 Å². The number of ketones is 1. The molecule has 0 aromatic rings. The Labute approximate surface area is 240 Å². The van der Waals surface area contributed by atoms with E-state index in [4.69, 9.17) is 18.9 Å². The van der Waals surface area contributed by atoms with Gasteiger partial charge in [-0.1, -0.05) is 25.7 Å². The molecule has 1 rings (SSSR count). The Bertz CT molecular complexity index is 809. The van der Waals surface area contributed by atoms with Crippen molar-refractivity contribution in [1.29, 1.82) is 0 Å². The lowest BCUT2D eigenvalue weighted by molar-refractivity contribution is -0.143. The lowest BCUT2D eigenvalue weighted by Gasteiger charge is -2.21. The predicted octanol–water partition coefficient (Wildman–Crippen LogP) is -0.326. The summed E-state index contributed by atoms with van der Waals surface area (Å²) >= 11 is 0. The van der Waals surface area contributed by atoms with Crippen molar-refractivity contribution >= 4 is 35.8 Å². The number of aliphatic carboxylic acids is 1. The van der Waals surface area contributed by atoms with Crippen LogP contribution in [0, 0.1) is 5.92 Å². The van der Waals surface area contributed by atoms with Crippen molar-refractivity contribution in [2.45, 2.75) is 63.8 Å². The Balaban J connectivity index is 2.29. The van der Waals surface area contributed by atoms with Crippen LogP contribution in [0.3, 0.4) is 0 Å². The lowest BCUT2D eigenvalue weighted by Crippen LogP contribution is -2.46. The van der Waals surface area contributed by atoms with Crippen LogP contribution < -0.4 is 16.0 Å². The molecule has 1 fully saturated rings. The van der Waals surface area contributed by atoms with E-state index in [1.165, 1.54) is 0 Å². The van der Waals surface area contributed by atoms with Crippen molar-refractivity contribution in [1.82, 2.24) is 16.0 Å². The molecule has 2 atom stereocenters. The Hall–Kier alpha value is -2.94. The molecule has 4 N–H and O–H groups in total. The van der Waals surface area contributed by atoms with E-state index >= 15 is 0 Å². The first-order chi connectivity index (χ1) is 19.8. The first kappa shape index (κ1) is 36.1. The van der Waals surface area contributed by atoms with Gasteiger partial charge in [-0.05, 0) is 19.3 Å². The number of carbonyl (C=O) groups excluding carboxylic acids is 5. The van der Waals surface area contributed by atoms with Gasteiger partial charge >= 0.3 is 5.97 Å². The summed E-state index contributed by atoms with van der Waals surface area (Å²) in [6.45, 7) is 1.39. The number of Topliss-reactive ketones (excluding diaryl/α,β-unsaturated/α-hetero) is 1. The van der Waals surface area contributed by atoms with Crippen LogP contribution in [0.4, 0.5) is 0 Å². The van der Waals surface area contributed by atoms with Gasteiger partial charge < -0.3 is 40.0 Å². The Morgan fingerprint density at radius 3 is 2.05 bits per heavy atom. The predicted molar refractivity (Wildman–Crippen MR) is 145 cm³/mol. The number of ether oxygens (including phenoxy) is 4. The molecule has 1 heterocycles. The number of rotatable bonds is 18. The van der Waals surface area contributed by atoms with E-state index in [0.717, 1.165) is 25.7 Å². The summed E-state index contributed by atoms with van der Waals surface area (Å²) in [7, 11) is 0. The van der Waals surface area contributed by atoms with Crippen molar-refractivity contribution in [3.63, 3.8) is 0 Å². The Morgan fingerprint density at radius 2 is 1.39 bits per heavy atom. The number of carboxylic acid groups (broad SMARTS) is 1. The van der Waals surface area contributed by atoms with Crippen LogP contribution in [-0.2, 0) is 47.7 Å². The largest absolute Gasteiger partial charge is 0.480 e. The zero-order chi connectivity index (χ0) is 30.1. The number of amides is 3. The van der Waals surface area contributed by atoms with Crippen molar-refractivity contribution in [2.75, 3.05) is 65.9 Å². The highest BCUT2D eigenvalue weighted by Crippen LogP contribution is 2.17. The summed E-state index contributed by atoms with van der Waals surface area (Å²) in [4.78, 5) is 71.2. The van der Waals surface area contributed by atoms with Crippen molar-refractivity contribution in [3.05, 3.63) is 0 Å². The van der Waals surface area contributed by atoms with Crippen LogP contribution >= 0.6 is 0 Å². The van der Waals surface area contributed by atoms with Crippen LogP contribution in [0.2, 0.25) is 0 Å². The molecular weight excluding hydrogens is 542 g/mol. The molecule has 14 heteroatoms. The Morgan fingerprint density at radius 1 is 0.805 bits per heavy atom. The molecule has 0 saturated carbocycles. The molecule has 0 aromatic heterocycles. The highest BCUT2D eigenvalue weighted by molar-refractivity contribution is 6.02. The molecule has 0 bridgehead atoms. The fourth-order valence-corrected chi connectivity index (χ4v) is 3.98. The fourth-order valence-electron chi connectivity index (χ4n) is 3.98. The van der Waals surface area contributed by atoms with E-state index < -0.39 is 29.7 Å². The van der Waals surface area contributed by atoms with Crippen LogP contribution in [0.15, 0.2) is 0 Å². The smallest absolute Gasteiger partial charge is 0.326 e. The maximum absolute atomic E-state index is 12.8. The minimum absolute atomic E-state index is 0.0889. The molecule has 233 valence electrons. The van der Waals surface area contributed by atoms with E-state index in [9.17, 15) is 33.9 Å². The van der Waals surface area contributed by atoms with Gasteiger partial charge in [0.15, 0.2) is 0 Å². The summed E-state index contributed by atoms with van der Waals surface area (Å²) < 4.78 is 20.7. The molecule has 1 unspecified atom stereocenters. The van der Waals surface area contributed by atoms with Gasteiger partial charge in [0.25, 0.3) is 0 Å². The molecule has 3 amide bonds. The molecule has 0 aromatic carbocycles. The lowest BCUT2D eigenvalue weighted by atomic mass is 9.90. The number of carboxylic acids is 1. The molecular formula is C27H44N3O11. The van der Waals surface area contributed by atoms with Crippen molar-refractivity contribution in [3.8, 4) is 0 Å². The third-order valence-electron chi connectivity index (χ3n) is 6.14. The van der Waals surface area contributed by atoms with Crippen molar-refractivity contribution < 1.29 is 52.8 Å². The molecule has 1 radical (unpaired) electrons. The quantitative estimate of drug-likeness (QED) is 0.121. The molecule has 1 aliphatic heterocycles. The van der Waals surface area contributed by atoms with E-state index in [2.05, 4.69) is 16.0 Å².